The van der Waals surface area contributed by atoms with Crippen molar-refractivity contribution in [3.63, 3.8) is 0 Å². The van der Waals surface area contributed by atoms with Crippen LogP contribution in [0.5, 0.6) is 0 Å². The first-order chi connectivity index (χ1) is 13.1. The third-order valence-corrected chi connectivity index (χ3v) is 5.96. The molecular weight excluding hydrogens is 356 g/mol. The molecule has 2 aromatic carbocycles. The Morgan fingerprint density at radius 3 is 2.41 bits per heavy atom. The zero-order chi connectivity index (χ0) is 19.0. The molecule has 0 N–H and O–H groups in total. The molecule has 136 valence electrons. The van der Waals surface area contributed by atoms with Gasteiger partial charge in [0.2, 0.25) is 5.91 Å². The second-order valence-electron chi connectivity index (χ2n) is 6.66. The predicted molar refractivity (Wildman–Crippen MR) is 109 cm³/mol. The third kappa shape index (κ3) is 3.04. The Labute approximate surface area is 162 Å². The highest BCUT2D eigenvalue weighted by atomic mass is 32.1. The van der Waals surface area contributed by atoms with Crippen LogP contribution in [0.1, 0.15) is 22.0 Å². The van der Waals surface area contributed by atoms with E-state index >= 15 is 0 Å². The molecule has 2 heterocycles. The standard InChI is InChI=1S/C22H20N2O2S/c1-15-8-6-11-18(16(15)2)23-14-20(25)24(17-9-4-3-5-10-17)21(22(23)26)19-12-7-13-27-19/h3-13,21H,14H2,1-2H3. The van der Waals surface area contributed by atoms with Crippen LogP contribution in [0.2, 0.25) is 0 Å². The number of carbonyl (C=O) groups is 2. The van der Waals surface area contributed by atoms with E-state index in [-0.39, 0.29) is 18.4 Å². The Morgan fingerprint density at radius 1 is 0.926 bits per heavy atom. The molecule has 0 bridgehead atoms. The number of aryl methyl sites for hydroxylation is 1. The predicted octanol–water partition coefficient (Wildman–Crippen LogP) is 4.49. The minimum Gasteiger partial charge on any atom is -0.301 e. The molecule has 1 aromatic heterocycles. The normalized spacial score (nSPS) is 17.5. The molecule has 1 unspecified atom stereocenters. The van der Waals surface area contributed by atoms with Crippen molar-refractivity contribution >= 4 is 34.5 Å². The largest absolute Gasteiger partial charge is 0.301 e. The lowest BCUT2D eigenvalue weighted by atomic mass is 10.0. The van der Waals surface area contributed by atoms with Gasteiger partial charge in [-0.05, 0) is 54.6 Å². The van der Waals surface area contributed by atoms with Crippen LogP contribution in [0.25, 0.3) is 0 Å². The van der Waals surface area contributed by atoms with Crippen molar-refractivity contribution in [2.75, 3.05) is 16.3 Å². The number of para-hydroxylation sites is 1. The smallest absolute Gasteiger partial charge is 0.256 e. The van der Waals surface area contributed by atoms with Gasteiger partial charge in [0.1, 0.15) is 6.54 Å². The van der Waals surface area contributed by atoms with Gasteiger partial charge in [0.25, 0.3) is 5.91 Å². The lowest BCUT2D eigenvalue weighted by Gasteiger charge is -2.40. The summed E-state index contributed by atoms with van der Waals surface area (Å²) in [5.74, 6) is -0.158. The number of hydrogen-bond acceptors (Lipinski definition) is 3. The average molecular weight is 376 g/mol. The van der Waals surface area contributed by atoms with Gasteiger partial charge >= 0.3 is 0 Å². The molecule has 3 aromatic rings. The zero-order valence-corrected chi connectivity index (χ0v) is 16.1. The lowest BCUT2D eigenvalue weighted by Crippen LogP contribution is -2.56. The molecule has 1 aliphatic rings. The van der Waals surface area contributed by atoms with Gasteiger partial charge < -0.3 is 4.90 Å². The van der Waals surface area contributed by atoms with E-state index < -0.39 is 6.04 Å². The van der Waals surface area contributed by atoms with Crippen LogP contribution in [0, 0.1) is 13.8 Å². The minimum atomic E-state index is -0.645. The Kier molecular flexibility index (Phi) is 4.54. The van der Waals surface area contributed by atoms with Gasteiger partial charge in [-0.3, -0.25) is 14.5 Å². The van der Waals surface area contributed by atoms with Gasteiger partial charge in [-0.1, -0.05) is 36.4 Å². The lowest BCUT2D eigenvalue weighted by molar-refractivity contribution is -0.128. The quantitative estimate of drug-likeness (QED) is 0.676. The van der Waals surface area contributed by atoms with Crippen molar-refractivity contribution in [1.29, 1.82) is 0 Å². The van der Waals surface area contributed by atoms with E-state index in [1.165, 1.54) is 11.3 Å². The fourth-order valence-corrected chi connectivity index (χ4v) is 4.31. The number of amides is 2. The van der Waals surface area contributed by atoms with E-state index in [0.717, 1.165) is 27.4 Å². The highest BCUT2D eigenvalue weighted by Crippen LogP contribution is 2.37. The highest BCUT2D eigenvalue weighted by molar-refractivity contribution is 7.10. The van der Waals surface area contributed by atoms with Crippen LogP contribution in [0.15, 0.2) is 66.0 Å². The number of piperazine rings is 1. The molecule has 1 aliphatic heterocycles. The van der Waals surface area contributed by atoms with Crippen LogP contribution in [0.4, 0.5) is 11.4 Å². The summed E-state index contributed by atoms with van der Waals surface area (Å²) in [5, 5.41) is 1.94. The van der Waals surface area contributed by atoms with Gasteiger partial charge in [0.15, 0.2) is 6.04 Å². The molecule has 2 amide bonds. The summed E-state index contributed by atoms with van der Waals surface area (Å²) in [6.07, 6.45) is 0. The fourth-order valence-electron chi connectivity index (χ4n) is 3.50. The minimum absolute atomic E-state index is 0.0416. The van der Waals surface area contributed by atoms with Crippen molar-refractivity contribution in [1.82, 2.24) is 0 Å². The number of thiophene rings is 1. The summed E-state index contributed by atoms with van der Waals surface area (Å²) in [5.41, 5.74) is 3.68. The molecule has 27 heavy (non-hydrogen) atoms. The van der Waals surface area contributed by atoms with E-state index in [1.807, 2.05) is 79.9 Å². The summed E-state index contributed by atoms with van der Waals surface area (Å²) in [7, 11) is 0. The summed E-state index contributed by atoms with van der Waals surface area (Å²) < 4.78 is 0. The number of benzene rings is 2. The molecule has 4 rings (SSSR count). The summed E-state index contributed by atoms with van der Waals surface area (Å²) >= 11 is 1.50. The number of nitrogens with zero attached hydrogens (tertiary/aromatic N) is 2. The summed E-state index contributed by atoms with van der Waals surface area (Å²) in [4.78, 5) is 30.9. The SMILES string of the molecule is Cc1cccc(N2CC(=O)N(c3ccccc3)C(c3cccs3)C2=O)c1C. The molecule has 0 radical (unpaired) electrons. The molecule has 4 nitrogen and oxygen atoms in total. The number of rotatable bonds is 3. The molecule has 0 saturated carbocycles. The van der Waals surface area contributed by atoms with Crippen molar-refractivity contribution in [3.05, 3.63) is 82.0 Å². The second kappa shape index (κ2) is 7.00. The molecule has 0 aliphatic carbocycles. The van der Waals surface area contributed by atoms with Gasteiger partial charge in [-0.25, -0.2) is 0 Å². The van der Waals surface area contributed by atoms with Crippen molar-refractivity contribution in [2.45, 2.75) is 19.9 Å². The van der Waals surface area contributed by atoms with Crippen LogP contribution >= 0.6 is 11.3 Å². The van der Waals surface area contributed by atoms with Crippen LogP contribution < -0.4 is 9.80 Å². The first-order valence-corrected chi connectivity index (χ1v) is 9.74. The van der Waals surface area contributed by atoms with E-state index in [1.54, 1.807) is 9.80 Å². The Hall–Kier alpha value is -2.92. The van der Waals surface area contributed by atoms with E-state index in [9.17, 15) is 9.59 Å². The average Bonchev–Trinajstić information content (AvgIpc) is 3.20. The van der Waals surface area contributed by atoms with Gasteiger partial charge in [-0.2, -0.15) is 0 Å². The van der Waals surface area contributed by atoms with Gasteiger partial charge in [0.05, 0.1) is 0 Å². The zero-order valence-electron chi connectivity index (χ0n) is 15.3. The highest BCUT2D eigenvalue weighted by Gasteiger charge is 2.42. The maximum atomic E-state index is 13.6. The van der Waals surface area contributed by atoms with E-state index in [2.05, 4.69) is 0 Å². The van der Waals surface area contributed by atoms with Crippen molar-refractivity contribution < 1.29 is 9.59 Å². The van der Waals surface area contributed by atoms with E-state index in [0.29, 0.717) is 0 Å². The number of hydrogen-bond donors (Lipinski definition) is 0. The molecule has 1 atom stereocenters. The molecular formula is C22H20N2O2S. The monoisotopic (exact) mass is 376 g/mol. The maximum absolute atomic E-state index is 13.6. The first-order valence-electron chi connectivity index (χ1n) is 8.86. The molecule has 5 heteroatoms. The molecule has 1 saturated heterocycles. The van der Waals surface area contributed by atoms with Crippen LogP contribution in [-0.2, 0) is 9.59 Å². The first kappa shape index (κ1) is 17.5. The maximum Gasteiger partial charge on any atom is 0.256 e. The van der Waals surface area contributed by atoms with Crippen molar-refractivity contribution in [2.24, 2.45) is 0 Å². The van der Waals surface area contributed by atoms with Crippen LogP contribution in [-0.4, -0.2) is 18.4 Å². The Bertz CT molecular complexity index is 983. The number of carbonyl (C=O) groups excluding carboxylic acids is 2. The van der Waals surface area contributed by atoms with E-state index in [4.69, 9.17) is 0 Å². The third-order valence-electron chi connectivity index (χ3n) is 5.03. The fraction of sp³-hybridized carbons (Fsp3) is 0.182. The molecule has 0 spiro atoms. The van der Waals surface area contributed by atoms with Gasteiger partial charge in [-0.15, -0.1) is 11.3 Å². The Balaban J connectivity index is 1.82. The number of anilines is 2. The van der Waals surface area contributed by atoms with Gasteiger partial charge in [0, 0.05) is 16.3 Å². The molecule has 1 fully saturated rings. The summed E-state index contributed by atoms with van der Waals surface area (Å²) in [6.45, 7) is 4.05. The van der Waals surface area contributed by atoms with Crippen LogP contribution in [0.3, 0.4) is 0 Å². The second-order valence-corrected chi connectivity index (χ2v) is 7.64. The topological polar surface area (TPSA) is 40.6 Å². The summed E-state index contributed by atoms with van der Waals surface area (Å²) in [6, 6.07) is 18.5. The van der Waals surface area contributed by atoms with Crippen molar-refractivity contribution in [3.8, 4) is 0 Å². The Morgan fingerprint density at radius 2 is 1.70 bits per heavy atom.